The Balaban J connectivity index is 0.00000192. The molecule has 23 heavy (non-hydrogen) atoms. The molecule has 1 saturated heterocycles. The number of hydrogen-bond acceptors (Lipinski definition) is 4. The van der Waals surface area contributed by atoms with Crippen LogP contribution >= 0.6 is 24.0 Å². The van der Waals surface area contributed by atoms with Gasteiger partial charge in [-0.25, -0.2) is 0 Å². The number of halogens is 2. The van der Waals surface area contributed by atoms with Crippen molar-refractivity contribution in [3.63, 3.8) is 0 Å². The minimum Gasteiger partial charge on any atom is -0.355 e. The van der Waals surface area contributed by atoms with Gasteiger partial charge in [-0.05, 0) is 44.2 Å². The molecule has 0 spiro atoms. The summed E-state index contributed by atoms with van der Waals surface area (Å²) in [5.74, 6) is 0.503. The summed E-state index contributed by atoms with van der Waals surface area (Å²) in [4.78, 5) is 14.3. The molecule has 3 rings (SSSR count). The minimum absolute atomic E-state index is 0. The molecule has 2 heterocycles. The van der Waals surface area contributed by atoms with Crippen LogP contribution in [-0.2, 0) is 0 Å². The van der Waals surface area contributed by atoms with E-state index in [0.717, 1.165) is 31.5 Å². The third-order valence-electron chi connectivity index (χ3n) is 4.05. The lowest BCUT2D eigenvalue weighted by molar-refractivity contribution is 0.0697. The van der Waals surface area contributed by atoms with Crippen molar-refractivity contribution in [2.45, 2.75) is 18.9 Å². The molecular weight excluding hydrogens is 337 g/mol. The van der Waals surface area contributed by atoms with Crippen LogP contribution < -0.4 is 5.32 Å². The molecule has 0 aliphatic carbocycles. The van der Waals surface area contributed by atoms with Gasteiger partial charge in [0, 0.05) is 35.8 Å². The lowest BCUT2D eigenvalue weighted by atomic mass is 10.0. The van der Waals surface area contributed by atoms with Crippen molar-refractivity contribution in [1.29, 1.82) is 0 Å². The number of hydrogen-bond donors (Lipinski definition) is 1. The van der Waals surface area contributed by atoms with Crippen LogP contribution in [0.25, 0.3) is 11.3 Å². The number of piperidine rings is 1. The minimum atomic E-state index is -0.0708. The average molecular weight is 356 g/mol. The number of likely N-dealkylation sites (tertiary alicyclic amines) is 1. The van der Waals surface area contributed by atoms with Gasteiger partial charge in [0.05, 0.1) is 0 Å². The van der Waals surface area contributed by atoms with Gasteiger partial charge < -0.3 is 14.7 Å². The van der Waals surface area contributed by atoms with Crippen LogP contribution in [0.4, 0.5) is 0 Å². The van der Waals surface area contributed by atoms with Gasteiger partial charge in [-0.2, -0.15) is 0 Å². The number of carbonyl (C=O) groups is 1. The molecule has 5 nitrogen and oxygen atoms in total. The Labute approximate surface area is 146 Å². The quantitative estimate of drug-likeness (QED) is 0.917. The molecule has 1 N–H and O–H groups in total. The normalized spacial score (nSPS) is 15.3. The molecule has 1 aromatic carbocycles. The van der Waals surface area contributed by atoms with Crippen LogP contribution in [0, 0.1) is 0 Å². The van der Waals surface area contributed by atoms with E-state index in [1.54, 1.807) is 18.2 Å². The average Bonchev–Trinajstić information content (AvgIpc) is 3.05. The maximum Gasteiger partial charge on any atom is 0.276 e. The first-order valence-electron chi connectivity index (χ1n) is 7.36. The Morgan fingerprint density at radius 1 is 1.30 bits per heavy atom. The highest BCUT2D eigenvalue weighted by atomic mass is 35.5. The maximum absolute atomic E-state index is 12.5. The van der Waals surface area contributed by atoms with Crippen molar-refractivity contribution in [2.24, 2.45) is 0 Å². The maximum atomic E-state index is 12.5. The summed E-state index contributed by atoms with van der Waals surface area (Å²) in [5.41, 5.74) is 1.21. The first-order valence-corrected chi connectivity index (χ1v) is 7.74. The zero-order chi connectivity index (χ0) is 15.5. The van der Waals surface area contributed by atoms with E-state index in [2.05, 4.69) is 10.5 Å². The monoisotopic (exact) mass is 355 g/mol. The highest BCUT2D eigenvalue weighted by Crippen LogP contribution is 2.23. The Morgan fingerprint density at radius 3 is 2.57 bits per heavy atom. The summed E-state index contributed by atoms with van der Waals surface area (Å²) in [6, 6.07) is 9.43. The summed E-state index contributed by atoms with van der Waals surface area (Å²) < 4.78 is 5.29. The zero-order valence-electron chi connectivity index (χ0n) is 12.8. The smallest absolute Gasteiger partial charge is 0.276 e. The molecule has 124 valence electrons. The molecule has 2 aromatic rings. The fraction of sp³-hybridized carbons (Fsp3) is 0.375. The molecule has 1 aromatic heterocycles. The van der Waals surface area contributed by atoms with Crippen molar-refractivity contribution in [1.82, 2.24) is 15.4 Å². The van der Waals surface area contributed by atoms with Crippen LogP contribution in [0.15, 0.2) is 34.9 Å². The molecule has 1 aliphatic heterocycles. The third kappa shape index (κ3) is 4.05. The predicted molar refractivity (Wildman–Crippen MR) is 92.2 cm³/mol. The van der Waals surface area contributed by atoms with E-state index in [1.807, 2.05) is 24.1 Å². The van der Waals surface area contributed by atoms with Gasteiger partial charge in [0.1, 0.15) is 0 Å². The second-order valence-corrected chi connectivity index (χ2v) is 5.87. The fourth-order valence-electron chi connectivity index (χ4n) is 2.66. The number of nitrogens with zero attached hydrogens (tertiary/aromatic N) is 2. The van der Waals surface area contributed by atoms with Gasteiger partial charge in [-0.1, -0.05) is 16.8 Å². The van der Waals surface area contributed by atoms with Gasteiger partial charge in [0.25, 0.3) is 5.91 Å². The number of benzene rings is 1. The van der Waals surface area contributed by atoms with Gasteiger partial charge in [-0.3, -0.25) is 4.79 Å². The van der Waals surface area contributed by atoms with E-state index >= 15 is 0 Å². The first-order chi connectivity index (χ1) is 10.7. The summed E-state index contributed by atoms with van der Waals surface area (Å²) >= 11 is 5.87. The Morgan fingerprint density at radius 2 is 1.96 bits per heavy atom. The number of aromatic nitrogens is 1. The highest BCUT2D eigenvalue weighted by Gasteiger charge is 2.25. The topological polar surface area (TPSA) is 58.4 Å². The fourth-order valence-corrected chi connectivity index (χ4v) is 2.79. The van der Waals surface area contributed by atoms with Gasteiger partial charge in [0.15, 0.2) is 11.5 Å². The van der Waals surface area contributed by atoms with Crippen molar-refractivity contribution < 1.29 is 9.32 Å². The largest absolute Gasteiger partial charge is 0.355 e. The first kappa shape index (κ1) is 17.8. The van der Waals surface area contributed by atoms with Gasteiger partial charge >= 0.3 is 0 Å². The lowest BCUT2D eigenvalue weighted by Crippen LogP contribution is -2.44. The number of nitrogens with one attached hydrogen (secondary N) is 1. The molecule has 0 radical (unpaired) electrons. The Bertz CT molecular complexity index is 650. The van der Waals surface area contributed by atoms with E-state index in [-0.39, 0.29) is 18.3 Å². The lowest BCUT2D eigenvalue weighted by Gasteiger charge is -2.31. The van der Waals surface area contributed by atoms with E-state index in [4.69, 9.17) is 16.1 Å². The van der Waals surface area contributed by atoms with E-state index in [9.17, 15) is 4.79 Å². The SMILES string of the molecule is CNC1CCN(C(=O)c2cc(-c3ccc(Cl)cc3)on2)CC1.Cl. The van der Waals surface area contributed by atoms with E-state index in [0.29, 0.717) is 22.5 Å². The molecule has 0 atom stereocenters. The second kappa shape index (κ2) is 7.81. The Hall–Kier alpha value is -1.56. The molecular formula is C16H19Cl2N3O2. The second-order valence-electron chi connectivity index (χ2n) is 5.44. The van der Waals surface area contributed by atoms with Crippen molar-refractivity contribution >= 4 is 29.9 Å². The van der Waals surface area contributed by atoms with Crippen LogP contribution in [-0.4, -0.2) is 42.1 Å². The molecule has 0 bridgehead atoms. The number of carbonyl (C=O) groups excluding carboxylic acids is 1. The molecule has 1 amide bonds. The standard InChI is InChI=1S/C16H18ClN3O2.ClH/c1-18-13-6-8-20(9-7-13)16(21)14-10-15(22-19-14)11-2-4-12(17)5-3-11;/h2-5,10,13,18H,6-9H2,1H3;1H. The Kier molecular flexibility index (Phi) is 6.04. The van der Waals surface area contributed by atoms with Crippen molar-refractivity contribution in [2.75, 3.05) is 20.1 Å². The summed E-state index contributed by atoms with van der Waals surface area (Å²) in [6.07, 6.45) is 1.92. The van der Waals surface area contributed by atoms with E-state index < -0.39 is 0 Å². The molecule has 1 aliphatic rings. The van der Waals surface area contributed by atoms with Crippen LogP contribution in [0.3, 0.4) is 0 Å². The number of amides is 1. The molecule has 1 fully saturated rings. The summed E-state index contributed by atoms with van der Waals surface area (Å²) in [6.45, 7) is 1.49. The van der Waals surface area contributed by atoms with Crippen LogP contribution in [0.5, 0.6) is 0 Å². The molecule has 0 saturated carbocycles. The van der Waals surface area contributed by atoms with Crippen molar-refractivity contribution in [3.05, 3.63) is 41.0 Å². The van der Waals surface area contributed by atoms with Crippen molar-refractivity contribution in [3.8, 4) is 11.3 Å². The van der Waals surface area contributed by atoms with Gasteiger partial charge in [-0.15, -0.1) is 12.4 Å². The predicted octanol–water partition coefficient (Wildman–Crippen LogP) is 3.24. The molecule has 7 heteroatoms. The highest BCUT2D eigenvalue weighted by molar-refractivity contribution is 6.30. The van der Waals surface area contributed by atoms with Crippen LogP contribution in [0.1, 0.15) is 23.3 Å². The molecule has 0 unspecified atom stereocenters. The van der Waals surface area contributed by atoms with E-state index in [1.165, 1.54) is 0 Å². The summed E-state index contributed by atoms with van der Waals surface area (Å²) in [7, 11) is 1.96. The van der Waals surface area contributed by atoms with Gasteiger partial charge in [0.2, 0.25) is 0 Å². The number of rotatable bonds is 3. The zero-order valence-corrected chi connectivity index (χ0v) is 14.4. The summed E-state index contributed by atoms with van der Waals surface area (Å²) in [5, 5.41) is 7.82. The van der Waals surface area contributed by atoms with Crippen LogP contribution in [0.2, 0.25) is 5.02 Å². The third-order valence-corrected chi connectivity index (χ3v) is 4.30.